The molecule has 2 N–H and O–H groups in total. The van der Waals surface area contributed by atoms with E-state index in [2.05, 4.69) is 21.2 Å². The number of nitrogens with one attached hydrogen (secondary N) is 1. The molecule has 1 amide bonds. The number of hydrogen-bond donors (Lipinski definition) is 2. The number of aliphatic hydroxyl groups excluding tert-OH is 1. The van der Waals surface area contributed by atoms with Gasteiger partial charge in [-0.3, -0.25) is 4.79 Å². The van der Waals surface area contributed by atoms with E-state index in [0.717, 1.165) is 23.7 Å². The van der Waals surface area contributed by atoms with Gasteiger partial charge in [0, 0.05) is 28.2 Å². The van der Waals surface area contributed by atoms with Gasteiger partial charge in [-0.15, -0.1) is 0 Å². The number of unbranched alkanes of at least 4 members (excludes halogenated alkanes) is 2. The molecule has 0 saturated heterocycles. The second-order valence-corrected chi connectivity index (χ2v) is 5.05. The molecule has 1 aromatic carbocycles. The number of rotatable bonds is 6. The summed E-state index contributed by atoms with van der Waals surface area (Å²) in [4.78, 5) is 11.7. The maximum absolute atomic E-state index is 11.7. The Bertz CT molecular complexity index is 365. The summed E-state index contributed by atoms with van der Waals surface area (Å²) in [7, 11) is 0. The van der Waals surface area contributed by atoms with Crippen LogP contribution in [0.4, 0.5) is 0 Å². The lowest BCUT2D eigenvalue weighted by Crippen LogP contribution is -2.24. The van der Waals surface area contributed by atoms with Crippen molar-refractivity contribution in [2.75, 3.05) is 13.2 Å². The zero-order chi connectivity index (χ0) is 12.7. The van der Waals surface area contributed by atoms with Gasteiger partial charge >= 0.3 is 0 Å². The first kappa shape index (κ1) is 14.5. The molecule has 0 bridgehead atoms. The Morgan fingerprint density at radius 1 is 1.29 bits per heavy atom. The van der Waals surface area contributed by atoms with E-state index in [1.807, 2.05) is 0 Å². The third-order valence-electron chi connectivity index (χ3n) is 2.25. The van der Waals surface area contributed by atoms with E-state index in [1.165, 1.54) is 0 Å². The molecule has 0 aliphatic carbocycles. The van der Waals surface area contributed by atoms with Gasteiger partial charge in [0.15, 0.2) is 0 Å². The third kappa shape index (κ3) is 5.52. The number of carbonyl (C=O) groups is 1. The fourth-order valence-electron chi connectivity index (χ4n) is 1.40. The van der Waals surface area contributed by atoms with Crippen molar-refractivity contribution in [1.82, 2.24) is 5.32 Å². The van der Waals surface area contributed by atoms with E-state index in [4.69, 9.17) is 16.7 Å². The molecular formula is C12H15BrClNO2. The molecule has 3 nitrogen and oxygen atoms in total. The van der Waals surface area contributed by atoms with Crippen molar-refractivity contribution in [2.24, 2.45) is 0 Å². The summed E-state index contributed by atoms with van der Waals surface area (Å²) in [6.45, 7) is 0.818. The van der Waals surface area contributed by atoms with E-state index in [-0.39, 0.29) is 12.5 Å². The predicted molar refractivity (Wildman–Crippen MR) is 72.4 cm³/mol. The minimum Gasteiger partial charge on any atom is -0.396 e. The van der Waals surface area contributed by atoms with Gasteiger partial charge in [0.2, 0.25) is 0 Å². The molecule has 0 aliphatic heterocycles. The Labute approximate surface area is 114 Å². The van der Waals surface area contributed by atoms with Crippen molar-refractivity contribution in [2.45, 2.75) is 19.3 Å². The van der Waals surface area contributed by atoms with Crippen LogP contribution >= 0.6 is 27.5 Å². The molecule has 94 valence electrons. The minimum atomic E-state index is -0.128. The Morgan fingerprint density at radius 2 is 2.06 bits per heavy atom. The highest BCUT2D eigenvalue weighted by atomic mass is 79.9. The van der Waals surface area contributed by atoms with E-state index < -0.39 is 0 Å². The highest BCUT2D eigenvalue weighted by Crippen LogP contribution is 2.19. The molecule has 17 heavy (non-hydrogen) atoms. The van der Waals surface area contributed by atoms with Crippen molar-refractivity contribution in [3.63, 3.8) is 0 Å². The van der Waals surface area contributed by atoms with Crippen molar-refractivity contribution in [3.8, 4) is 0 Å². The van der Waals surface area contributed by atoms with Crippen LogP contribution in [0.3, 0.4) is 0 Å². The second-order valence-electron chi connectivity index (χ2n) is 3.70. The molecule has 0 atom stereocenters. The zero-order valence-corrected chi connectivity index (χ0v) is 11.7. The smallest absolute Gasteiger partial charge is 0.251 e. The standard InChI is InChI=1S/C12H15BrClNO2/c13-10-6-9(7-11(14)8-10)12(17)15-4-2-1-3-5-16/h6-8,16H,1-5H2,(H,15,17). The summed E-state index contributed by atoms with van der Waals surface area (Å²) < 4.78 is 0.787. The monoisotopic (exact) mass is 319 g/mol. The van der Waals surface area contributed by atoms with Gasteiger partial charge in [-0.1, -0.05) is 27.5 Å². The Kier molecular flexibility index (Phi) is 6.55. The van der Waals surface area contributed by atoms with Crippen LogP contribution in [0.15, 0.2) is 22.7 Å². The lowest BCUT2D eigenvalue weighted by Gasteiger charge is -2.05. The summed E-state index contributed by atoms with van der Waals surface area (Å²) >= 11 is 9.15. The quantitative estimate of drug-likeness (QED) is 0.792. The SMILES string of the molecule is O=C(NCCCCCO)c1cc(Cl)cc(Br)c1. The van der Waals surface area contributed by atoms with Gasteiger partial charge in [0.1, 0.15) is 0 Å². The molecular weight excluding hydrogens is 305 g/mol. The van der Waals surface area contributed by atoms with Gasteiger partial charge in [0.25, 0.3) is 5.91 Å². The minimum absolute atomic E-state index is 0.128. The van der Waals surface area contributed by atoms with Crippen LogP contribution in [0.2, 0.25) is 5.02 Å². The number of carbonyl (C=O) groups excluding carboxylic acids is 1. The average molecular weight is 321 g/mol. The fourth-order valence-corrected chi connectivity index (χ4v) is 2.26. The molecule has 5 heteroatoms. The van der Waals surface area contributed by atoms with Crippen LogP contribution in [0.1, 0.15) is 29.6 Å². The van der Waals surface area contributed by atoms with Crippen LogP contribution in [0, 0.1) is 0 Å². The lowest BCUT2D eigenvalue weighted by atomic mass is 10.2. The first-order valence-electron chi connectivity index (χ1n) is 5.48. The van der Waals surface area contributed by atoms with Crippen molar-refractivity contribution in [3.05, 3.63) is 33.3 Å². The molecule has 0 unspecified atom stereocenters. The van der Waals surface area contributed by atoms with Gasteiger partial charge < -0.3 is 10.4 Å². The molecule has 0 saturated carbocycles. The first-order valence-corrected chi connectivity index (χ1v) is 6.65. The molecule has 1 aromatic rings. The van der Waals surface area contributed by atoms with Crippen LogP contribution < -0.4 is 5.32 Å². The number of amides is 1. The fraction of sp³-hybridized carbons (Fsp3) is 0.417. The summed E-state index contributed by atoms with van der Waals surface area (Å²) in [6.07, 6.45) is 2.56. The van der Waals surface area contributed by atoms with Gasteiger partial charge in [-0.05, 0) is 37.5 Å². The number of halogens is 2. The number of hydrogen-bond acceptors (Lipinski definition) is 2. The highest BCUT2D eigenvalue weighted by molar-refractivity contribution is 9.10. The van der Waals surface area contributed by atoms with E-state index >= 15 is 0 Å². The lowest BCUT2D eigenvalue weighted by molar-refractivity contribution is 0.0953. The maximum Gasteiger partial charge on any atom is 0.251 e. The maximum atomic E-state index is 11.7. The van der Waals surface area contributed by atoms with Crippen LogP contribution in [0.25, 0.3) is 0 Å². The third-order valence-corrected chi connectivity index (χ3v) is 2.92. The number of benzene rings is 1. The first-order chi connectivity index (χ1) is 8.13. The van der Waals surface area contributed by atoms with E-state index in [0.29, 0.717) is 17.1 Å². The normalized spacial score (nSPS) is 10.3. The summed E-state index contributed by atoms with van der Waals surface area (Å²) in [5.41, 5.74) is 0.548. The topological polar surface area (TPSA) is 49.3 Å². The van der Waals surface area contributed by atoms with Crippen LogP contribution in [0.5, 0.6) is 0 Å². The highest BCUT2D eigenvalue weighted by Gasteiger charge is 2.06. The molecule has 0 spiro atoms. The Morgan fingerprint density at radius 3 is 2.71 bits per heavy atom. The van der Waals surface area contributed by atoms with E-state index in [1.54, 1.807) is 18.2 Å². The van der Waals surface area contributed by atoms with Crippen molar-refractivity contribution >= 4 is 33.4 Å². The largest absolute Gasteiger partial charge is 0.396 e. The summed E-state index contributed by atoms with van der Waals surface area (Å²) in [5.74, 6) is -0.128. The van der Waals surface area contributed by atoms with Crippen molar-refractivity contribution in [1.29, 1.82) is 0 Å². The van der Waals surface area contributed by atoms with E-state index in [9.17, 15) is 4.79 Å². The Hall–Kier alpha value is -0.580. The summed E-state index contributed by atoms with van der Waals surface area (Å²) in [6, 6.07) is 5.10. The van der Waals surface area contributed by atoms with Crippen molar-refractivity contribution < 1.29 is 9.90 Å². The van der Waals surface area contributed by atoms with Crippen LogP contribution in [-0.2, 0) is 0 Å². The van der Waals surface area contributed by atoms with Gasteiger partial charge in [0.05, 0.1) is 0 Å². The number of aliphatic hydroxyl groups is 1. The second kappa shape index (κ2) is 7.69. The molecule has 0 aromatic heterocycles. The molecule has 0 heterocycles. The molecule has 0 aliphatic rings. The van der Waals surface area contributed by atoms with Gasteiger partial charge in [-0.25, -0.2) is 0 Å². The van der Waals surface area contributed by atoms with Gasteiger partial charge in [-0.2, -0.15) is 0 Å². The zero-order valence-electron chi connectivity index (χ0n) is 9.38. The predicted octanol–water partition coefficient (Wildman–Crippen LogP) is 2.99. The Balaban J connectivity index is 2.41. The van der Waals surface area contributed by atoms with Crippen LogP contribution in [-0.4, -0.2) is 24.2 Å². The molecule has 0 fully saturated rings. The molecule has 0 radical (unpaired) electrons. The molecule has 1 rings (SSSR count). The summed E-state index contributed by atoms with van der Waals surface area (Å²) in [5, 5.41) is 12.0. The average Bonchev–Trinajstić information content (AvgIpc) is 2.27.